The molecule has 0 radical (unpaired) electrons. The van der Waals surface area contributed by atoms with Crippen LogP contribution in [0.2, 0.25) is 0 Å². The number of carbonyl (C=O) groups excluding carboxylic acids is 2. The van der Waals surface area contributed by atoms with Crippen LogP contribution in [0.4, 0.5) is 5.69 Å². The Hall–Kier alpha value is -2.82. The van der Waals surface area contributed by atoms with Crippen molar-refractivity contribution in [2.75, 3.05) is 18.5 Å². The Morgan fingerprint density at radius 1 is 1.15 bits per heavy atom. The molecule has 0 bridgehead atoms. The largest absolute Gasteiger partial charge is 0.477 e. The first-order valence-corrected chi connectivity index (χ1v) is 8.87. The van der Waals surface area contributed by atoms with Crippen molar-refractivity contribution in [2.45, 2.75) is 26.4 Å². The van der Waals surface area contributed by atoms with E-state index >= 15 is 0 Å². The monoisotopic (exact) mass is 352 g/mol. The number of para-hydroxylation sites is 2. The van der Waals surface area contributed by atoms with E-state index in [9.17, 15) is 9.59 Å². The van der Waals surface area contributed by atoms with Crippen LogP contribution in [0.25, 0.3) is 0 Å². The van der Waals surface area contributed by atoms with Crippen molar-refractivity contribution < 1.29 is 14.3 Å². The van der Waals surface area contributed by atoms with E-state index < -0.39 is 6.10 Å². The van der Waals surface area contributed by atoms with E-state index in [1.54, 1.807) is 18.0 Å². The Bertz CT molecular complexity index is 799. The summed E-state index contributed by atoms with van der Waals surface area (Å²) in [5.74, 6) is 0.725. The van der Waals surface area contributed by atoms with Crippen LogP contribution in [0.1, 0.15) is 29.8 Å². The number of carbonyl (C=O) groups is 2. The van der Waals surface area contributed by atoms with Gasteiger partial charge in [-0.2, -0.15) is 0 Å². The summed E-state index contributed by atoms with van der Waals surface area (Å²) in [4.78, 5) is 26.8. The molecule has 0 saturated carbocycles. The van der Waals surface area contributed by atoms with Gasteiger partial charge in [0.05, 0.1) is 12.2 Å². The molecule has 0 aliphatic carbocycles. The van der Waals surface area contributed by atoms with Gasteiger partial charge >= 0.3 is 0 Å². The van der Waals surface area contributed by atoms with Crippen LogP contribution in [0.15, 0.2) is 48.5 Å². The quantitative estimate of drug-likeness (QED) is 0.920. The average Bonchev–Trinajstić information content (AvgIpc) is 2.66. The van der Waals surface area contributed by atoms with Gasteiger partial charge in [0.1, 0.15) is 5.75 Å². The van der Waals surface area contributed by atoms with E-state index in [1.807, 2.05) is 42.5 Å². The second-order valence-corrected chi connectivity index (χ2v) is 6.90. The van der Waals surface area contributed by atoms with Gasteiger partial charge in [0.15, 0.2) is 6.10 Å². The number of anilines is 1. The maximum absolute atomic E-state index is 13.1. The number of benzene rings is 2. The SMILES string of the molecule is CNC(=O)[C@H]1CN(C(=O)c2ccc(CC(C)C)cc2)c2ccccc2O1. The maximum atomic E-state index is 13.1. The number of hydrogen-bond donors (Lipinski definition) is 1. The van der Waals surface area contributed by atoms with Crippen LogP contribution in [-0.2, 0) is 11.2 Å². The van der Waals surface area contributed by atoms with Gasteiger partial charge in [0.25, 0.3) is 11.8 Å². The molecule has 1 heterocycles. The summed E-state index contributed by atoms with van der Waals surface area (Å²) in [6.07, 6.45) is 0.257. The fourth-order valence-electron chi connectivity index (χ4n) is 3.13. The molecule has 1 aliphatic heterocycles. The number of likely N-dealkylation sites (N-methyl/N-ethyl adjacent to an activating group) is 1. The fourth-order valence-corrected chi connectivity index (χ4v) is 3.13. The summed E-state index contributed by atoms with van der Waals surface area (Å²) in [6, 6.07) is 15.0. The molecule has 0 unspecified atom stereocenters. The highest BCUT2D eigenvalue weighted by Gasteiger charge is 2.33. The molecule has 5 nitrogen and oxygen atoms in total. The number of nitrogens with zero attached hydrogens (tertiary/aromatic N) is 1. The van der Waals surface area contributed by atoms with Crippen molar-refractivity contribution >= 4 is 17.5 Å². The van der Waals surface area contributed by atoms with E-state index in [0.29, 0.717) is 22.9 Å². The van der Waals surface area contributed by atoms with Crippen molar-refractivity contribution in [2.24, 2.45) is 5.92 Å². The lowest BCUT2D eigenvalue weighted by Gasteiger charge is -2.34. The lowest BCUT2D eigenvalue weighted by atomic mass is 10.0. The summed E-state index contributed by atoms with van der Waals surface area (Å²) in [6.45, 7) is 4.52. The van der Waals surface area contributed by atoms with Gasteiger partial charge in [-0.15, -0.1) is 0 Å². The van der Waals surface area contributed by atoms with E-state index in [2.05, 4.69) is 19.2 Å². The third-order valence-corrected chi connectivity index (χ3v) is 4.40. The zero-order chi connectivity index (χ0) is 18.7. The standard InChI is InChI=1S/C21H24N2O3/c1-14(2)12-15-8-10-16(11-9-15)21(25)23-13-19(20(24)22-3)26-18-7-5-4-6-17(18)23/h4-11,14,19H,12-13H2,1-3H3,(H,22,24)/t19-/m1/s1. The zero-order valence-corrected chi connectivity index (χ0v) is 15.4. The molecule has 2 amide bonds. The minimum Gasteiger partial charge on any atom is -0.477 e. The third kappa shape index (κ3) is 3.72. The van der Waals surface area contributed by atoms with Crippen LogP contribution < -0.4 is 15.0 Å². The molecular formula is C21H24N2O3. The van der Waals surface area contributed by atoms with Gasteiger partial charge in [0.2, 0.25) is 0 Å². The normalized spacial score (nSPS) is 16.0. The zero-order valence-electron chi connectivity index (χ0n) is 15.4. The summed E-state index contributed by atoms with van der Waals surface area (Å²) >= 11 is 0. The number of amides is 2. The lowest BCUT2D eigenvalue weighted by molar-refractivity contribution is -0.127. The van der Waals surface area contributed by atoms with Crippen molar-refractivity contribution in [1.29, 1.82) is 0 Å². The third-order valence-electron chi connectivity index (χ3n) is 4.40. The average molecular weight is 352 g/mol. The maximum Gasteiger partial charge on any atom is 0.262 e. The van der Waals surface area contributed by atoms with Gasteiger partial charge in [0, 0.05) is 12.6 Å². The highest BCUT2D eigenvalue weighted by Crippen LogP contribution is 2.34. The molecular weight excluding hydrogens is 328 g/mol. The van der Waals surface area contributed by atoms with Crippen molar-refractivity contribution in [3.63, 3.8) is 0 Å². The van der Waals surface area contributed by atoms with Crippen LogP contribution in [0, 0.1) is 5.92 Å². The predicted octanol–water partition coefficient (Wildman–Crippen LogP) is 3.04. The van der Waals surface area contributed by atoms with E-state index in [1.165, 1.54) is 5.56 Å². The number of ether oxygens (including phenoxy) is 1. The minimum atomic E-state index is -0.723. The molecule has 1 aliphatic rings. The Labute approximate surface area is 154 Å². The lowest BCUT2D eigenvalue weighted by Crippen LogP contribution is -2.50. The van der Waals surface area contributed by atoms with Crippen LogP contribution in [0.3, 0.4) is 0 Å². The Balaban J connectivity index is 1.88. The molecule has 2 aromatic carbocycles. The van der Waals surface area contributed by atoms with Crippen LogP contribution in [-0.4, -0.2) is 31.5 Å². The summed E-state index contributed by atoms with van der Waals surface area (Å²) in [5.41, 5.74) is 2.50. The molecule has 2 aromatic rings. The first kappa shape index (κ1) is 18.0. The van der Waals surface area contributed by atoms with Gasteiger partial charge in [-0.1, -0.05) is 38.1 Å². The molecule has 0 spiro atoms. The Kier molecular flexibility index (Phi) is 5.26. The fraction of sp³-hybridized carbons (Fsp3) is 0.333. The van der Waals surface area contributed by atoms with Gasteiger partial charge in [-0.05, 0) is 42.2 Å². The molecule has 1 atom stereocenters. The number of hydrogen-bond acceptors (Lipinski definition) is 3. The van der Waals surface area contributed by atoms with Gasteiger partial charge in [-0.25, -0.2) is 0 Å². The highest BCUT2D eigenvalue weighted by atomic mass is 16.5. The van der Waals surface area contributed by atoms with Crippen LogP contribution in [0.5, 0.6) is 5.75 Å². The first-order valence-electron chi connectivity index (χ1n) is 8.87. The Morgan fingerprint density at radius 2 is 1.85 bits per heavy atom. The molecule has 3 rings (SSSR count). The molecule has 0 aromatic heterocycles. The second-order valence-electron chi connectivity index (χ2n) is 6.90. The van der Waals surface area contributed by atoms with Gasteiger partial charge < -0.3 is 15.0 Å². The first-order chi connectivity index (χ1) is 12.5. The summed E-state index contributed by atoms with van der Waals surface area (Å²) < 4.78 is 5.76. The second kappa shape index (κ2) is 7.60. The summed E-state index contributed by atoms with van der Waals surface area (Å²) in [5, 5.41) is 2.59. The number of nitrogens with one attached hydrogen (secondary N) is 1. The predicted molar refractivity (Wildman–Crippen MR) is 102 cm³/mol. The molecule has 0 fully saturated rings. The smallest absolute Gasteiger partial charge is 0.262 e. The van der Waals surface area contributed by atoms with Crippen LogP contribution >= 0.6 is 0 Å². The number of fused-ring (bicyclic) bond motifs is 1. The molecule has 1 N–H and O–H groups in total. The highest BCUT2D eigenvalue weighted by molar-refractivity contribution is 6.07. The van der Waals surface area contributed by atoms with E-state index in [4.69, 9.17) is 4.74 Å². The molecule has 136 valence electrons. The van der Waals surface area contributed by atoms with E-state index in [0.717, 1.165) is 6.42 Å². The Morgan fingerprint density at radius 3 is 2.50 bits per heavy atom. The van der Waals surface area contributed by atoms with Crippen molar-refractivity contribution in [3.05, 3.63) is 59.7 Å². The van der Waals surface area contributed by atoms with Gasteiger partial charge in [-0.3, -0.25) is 9.59 Å². The molecule has 26 heavy (non-hydrogen) atoms. The molecule has 5 heteroatoms. The minimum absolute atomic E-state index is 0.134. The number of rotatable bonds is 4. The topological polar surface area (TPSA) is 58.6 Å². The van der Waals surface area contributed by atoms with E-state index in [-0.39, 0.29) is 18.4 Å². The van der Waals surface area contributed by atoms with Crippen molar-refractivity contribution in [3.8, 4) is 5.75 Å². The molecule has 0 saturated heterocycles. The van der Waals surface area contributed by atoms with Crippen molar-refractivity contribution in [1.82, 2.24) is 5.32 Å². The summed E-state index contributed by atoms with van der Waals surface area (Å²) in [7, 11) is 1.56.